The van der Waals surface area contributed by atoms with Crippen LogP contribution >= 0.6 is 0 Å². The molecule has 0 fully saturated rings. The standard InChI is InChI=1S/C19H24N4O/c1-4-6-15-12-14(7-8-17(15)24-11-5-2)16-13-23-10-9-21-19(23)18(20-3)22-16/h7-10,12-13H,4-6,11H2,1-3H3,(H,20,22). The topological polar surface area (TPSA) is 51.5 Å². The maximum atomic E-state index is 5.88. The van der Waals surface area contributed by atoms with E-state index in [0.29, 0.717) is 0 Å². The second kappa shape index (κ2) is 7.34. The highest BCUT2D eigenvalue weighted by Gasteiger charge is 2.11. The van der Waals surface area contributed by atoms with Crippen LogP contribution in [-0.4, -0.2) is 28.0 Å². The molecule has 5 heteroatoms. The summed E-state index contributed by atoms with van der Waals surface area (Å²) in [7, 11) is 1.87. The second-order valence-electron chi connectivity index (χ2n) is 5.80. The van der Waals surface area contributed by atoms with Crippen LogP contribution < -0.4 is 10.1 Å². The van der Waals surface area contributed by atoms with Gasteiger partial charge in [-0.3, -0.25) is 0 Å². The first-order valence-electron chi connectivity index (χ1n) is 8.54. The molecule has 0 unspecified atom stereocenters. The van der Waals surface area contributed by atoms with Crippen molar-refractivity contribution >= 4 is 11.5 Å². The zero-order valence-corrected chi connectivity index (χ0v) is 14.5. The number of benzene rings is 1. The molecule has 2 aromatic heterocycles. The van der Waals surface area contributed by atoms with Gasteiger partial charge in [0.2, 0.25) is 0 Å². The molecule has 0 amide bonds. The molecule has 1 N–H and O–H groups in total. The van der Waals surface area contributed by atoms with Crippen molar-refractivity contribution in [3.05, 3.63) is 42.4 Å². The number of rotatable bonds is 7. The average Bonchev–Trinajstić information content (AvgIpc) is 3.08. The van der Waals surface area contributed by atoms with Gasteiger partial charge in [0.25, 0.3) is 0 Å². The second-order valence-corrected chi connectivity index (χ2v) is 5.80. The lowest BCUT2D eigenvalue weighted by Crippen LogP contribution is -2.01. The Labute approximate surface area is 142 Å². The Kier molecular flexibility index (Phi) is 4.99. The zero-order chi connectivity index (χ0) is 16.9. The third-order valence-corrected chi connectivity index (χ3v) is 3.95. The molecule has 0 saturated carbocycles. The molecular weight excluding hydrogens is 300 g/mol. The number of aryl methyl sites for hydroxylation is 1. The number of hydrogen-bond acceptors (Lipinski definition) is 4. The molecule has 2 heterocycles. The summed E-state index contributed by atoms with van der Waals surface area (Å²) in [4.78, 5) is 9.06. The van der Waals surface area contributed by atoms with Crippen molar-refractivity contribution in [1.29, 1.82) is 0 Å². The Morgan fingerprint density at radius 3 is 2.83 bits per heavy atom. The fraction of sp³-hybridized carbons (Fsp3) is 0.368. The van der Waals surface area contributed by atoms with Crippen molar-refractivity contribution in [3.63, 3.8) is 0 Å². The monoisotopic (exact) mass is 324 g/mol. The van der Waals surface area contributed by atoms with Gasteiger partial charge in [0.15, 0.2) is 11.5 Å². The molecule has 0 saturated heterocycles. The number of nitrogens with one attached hydrogen (secondary N) is 1. The van der Waals surface area contributed by atoms with Crippen LogP contribution in [0.5, 0.6) is 5.75 Å². The van der Waals surface area contributed by atoms with Gasteiger partial charge in [0, 0.05) is 31.2 Å². The van der Waals surface area contributed by atoms with Crippen LogP contribution in [0.1, 0.15) is 32.3 Å². The highest BCUT2D eigenvalue weighted by molar-refractivity contribution is 5.70. The summed E-state index contributed by atoms with van der Waals surface area (Å²) < 4.78 is 7.88. The number of fused-ring (bicyclic) bond motifs is 1. The molecule has 0 bridgehead atoms. The van der Waals surface area contributed by atoms with Gasteiger partial charge in [-0.2, -0.15) is 0 Å². The lowest BCUT2D eigenvalue weighted by atomic mass is 10.0. The highest BCUT2D eigenvalue weighted by Crippen LogP contribution is 2.28. The van der Waals surface area contributed by atoms with Gasteiger partial charge in [0.05, 0.1) is 12.3 Å². The number of aromatic nitrogens is 3. The Morgan fingerprint density at radius 1 is 1.21 bits per heavy atom. The van der Waals surface area contributed by atoms with Crippen molar-refractivity contribution in [3.8, 4) is 17.0 Å². The third-order valence-electron chi connectivity index (χ3n) is 3.95. The SMILES string of the molecule is CCCOc1ccc(-c2cn3ccnc3c(NC)n2)cc1CCC. The van der Waals surface area contributed by atoms with Crippen molar-refractivity contribution < 1.29 is 4.74 Å². The largest absolute Gasteiger partial charge is 0.493 e. The predicted octanol–water partition coefficient (Wildman–Crippen LogP) is 4.18. The number of ether oxygens (including phenoxy) is 1. The minimum atomic E-state index is 0.749. The smallest absolute Gasteiger partial charge is 0.180 e. The molecule has 3 aromatic rings. The van der Waals surface area contributed by atoms with Crippen LogP contribution in [0.4, 0.5) is 5.82 Å². The first-order valence-corrected chi connectivity index (χ1v) is 8.54. The van der Waals surface area contributed by atoms with E-state index in [-0.39, 0.29) is 0 Å². The van der Waals surface area contributed by atoms with E-state index in [4.69, 9.17) is 9.72 Å². The van der Waals surface area contributed by atoms with Gasteiger partial charge in [-0.05, 0) is 36.6 Å². The number of hydrogen-bond donors (Lipinski definition) is 1. The van der Waals surface area contributed by atoms with E-state index in [1.807, 2.05) is 23.8 Å². The summed E-state index contributed by atoms with van der Waals surface area (Å²) in [5, 5.41) is 3.13. The van der Waals surface area contributed by atoms with Gasteiger partial charge in [0.1, 0.15) is 5.75 Å². The van der Waals surface area contributed by atoms with Crippen molar-refractivity contribution in [2.24, 2.45) is 0 Å². The van der Waals surface area contributed by atoms with E-state index in [2.05, 4.69) is 42.3 Å². The van der Waals surface area contributed by atoms with Crippen LogP contribution in [0, 0.1) is 0 Å². The number of imidazole rings is 1. The van der Waals surface area contributed by atoms with Crippen LogP contribution in [0.3, 0.4) is 0 Å². The first-order chi connectivity index (χ1) is 11.8. The van der Waals surface area contributed by atoms with Gasteiger partial charge >= 0.3 is 0 Å². The highest BCUT2D eigenvalue weighted by atomic mass is 16.5. The molecule has 126 valence electrons. The lowest BCUT2D eigenvalue weighted by molar-refractivity contribution is 0.314. The average molecular weight is 324 g/mol. The molecular formula is C19H24N4O. The molecule has 3 rings (SSSR count). The molecule has 24 heavy (non-hydrogen) atoms. The van der Waals surface area contributed by atoms with Gasteiger partial charge in [-0.1, -0.05) is 20.3 Å². The minimum Gasteiger partial charge on any atom is -0.493 e. The molecule has 0 atom stereocenters. The zero-order valence-electron chi connectivity index (χ0n) is 14.5. The maximum Gasteiger partial charge on any atom is 0.180 e. The Hall–Kier alpha value is -2.56. The van der Waals surface area contributed by atoms with Crippen LogP contribution in [-0.2, 0) is 6.42 Å². The fourth-order valence-electron chi connectivity index (χ4n) is 2.79. The molecule has 5 nitrogen and oxygen atoms in total. The maximum absolute atomic E-state index is 5.88. The van der Waals surface area contributed by atoms with Crippen molar-refractivity contribution in [2.45, 2.75) is 33.1 Å². The van der Waals surface area contributed by atoms with Crippen LogP contribution in [0.15, 0.2) is 36.8 Å². The Bertz CT molecular complexity index is 825. The minimum absolute atomic E-state index is 0.749. The Morgan fingerprint density at radius 2 is 2.08 bits per heavy atom. The third kappa shape index (κ3) is 3.20. The predicted molar refractivity (Wildman–Crippen MR) is 97.8 cm³/mol. The van der Waals surface area contributed by atoms with E-state index in [1.165, 1.54) is 5.56 Å². The van der Waals surface area contributed by atoms with Crippen LogP contribution in [0.2, 0.25) is 0 Å². The summed E-state index contributed by atoms with van der Waals surface area (Å²) in [6.45, 7) is 5.06. The molecule has 1 aromatic carbocycles. The molecule has 0 aliphatic carbocycles. The normalized spacial score (nSPS) is 11.0. The van der Waals surface area contributed by atoms with E-state index in [9.17, 15) is 0 Å². The van der Waals surface area contributed by atoms with E-state index in [1.54, 1.807) is 6.20 Å². The quantitative estimate of drug-likeness (QED) is 0.708. The Balaban J connectivity index is 2.03. The fourth-order valence-corrected chi connectivity index (χ4v) is 2.79. The number of anilines is 1. The summed E-state index contributed by atoms with van der Waals surface area (Å²) in [5.41, 5.74) is 4.08. The number of nitrogens with zero attached hydrogens (tertiary/aromatic N) is 3. The van der Waals surface area contributed by atoms with E-state index >= 15 is 0 Å². The summed E-state index contributed by atoms with van der Waals surface area (Å²) in [6, 6.07) is 6.34. The molecule has 0 spiro atoms. The summed E-state index contributed by atoms with van der Waals surface area (Å²) in [5.74, 6) is 1.76. The molecule has 0 radical (unpaired) electrons. The van der Waals surface area contributed by atoms with Crippen molar-refractivity contribution in [1.82, 2.24) is 14.4 Å². The van der Waals surface area contributed by atoms with E-state index < -0.39 is 0 Å². The van der Waals surface area contributed by atoms with Gasteiger partial charge in [-0.15, -0.1) is 0 Å². The summed E-state index contributed by atoms with van der Waals surface area (Å²) >= 11 is 0. The van der Waals surface area contributed by atoms with Gasteiger partial charge < -0.3 is 14.5 Å². The van der Waals surface area contributed by atoms with E-state index in [0.717, 1.165) is 54.3 Å². The lowest BCUT2D eigenvalue weighted by Gasteiger charge is -2.13. The summed E-state index contributed by atoms with van der Waals surface area (Å²) in [6.07, 6.45) is 8.83. The molecule has 0 aliphatic heterocycles. The van der Waals surface area contributed by atoms with Gasteiger partial charge in [-0.25, -0.2) is 9.97 Å². The molecule has 0 aliphatic rings. The van der Waals surface area contributed by atoms with Crippen molar-refractivity contribution in [2.75, 3.05) is 19.0 Å². The first kappa shape index (κ1) is 16.3. The van der Waals surface area contributed by atoms with Crippen LogP contribution in [0.25, 0.3) is 16.9 Å².